The fourth-order valence-electron chi connectivity index (χ4n) is 4.37. The molecule has 1 heterocycles. The van der Waals surface area contributed by atoms with Crippen LogP contribution in [0.1, 0.15) is 67.8 Å². The predicted molar refractivity (Wildman–Crippen MR) is 108 cm³/mol. The molecule has 27 heavy (non-hydrogen) atoms. The number of aromatic nitrogens is 2. The Labute approximate surface area is 159 Å². The van der Waals surface area contributed by atoms with E-state index in [1.54, 1.807) is 18.2 Å². The second kappa shape index (κ2) is 5.69. The first-order valence-electron chi connectivity index (χ1n) is 9.48. The van der Waals surface area contributed by atoms with E-state index in [9.17, 15) is 9.90 Å². The molecule has 2 aromatic carbocycles. The number of benzene rings is 2. The van der Waals surface area contributed by atoms with E-state index in [1.165, 1.54) is 17.5 Å². The lowest BCUT2D eigenvalue weighted by Gasteiger charge is -2.42. The third-order valence-corrected chi connectivity index (χ3v) is 6.16. The molecule has 0 saturated carbocycles. The monoisotopic (exact) mass is 362 g/mol. The van der Waals surface area contributed by atoms with E-state index in [-0.39, 0.29) is 16.4 Å². The van der Waals surface area contributed by atoms with Crippen molar-refractivity contribution in [3.05, 3.63) is 58.9 Å². The Morgan fingerprint density at radius 3 is 2.33 bits per heavy atom. The number of hydrogen-bond acceptors (Lipinski definition) is 2. The fraction of sp³-hybridized carbons (Fsp3) is 0.391. The molecule has 0 spiro atoms. The van der Waals surface area contributed by atoms with Gasteiger partial charge in [0.1, 0.15) is 5.82 Å². The third-order valence-electron chi connectivity index (χ3n) is 6.16. The molecule has 4 heteroatoms. The van der Waals surface area contributed by atoms with Gasteiger partial charge in [0.15, 0.2) is 0 Å². The van der Waals surface area contributed by atoms with Crippen molar-refractivity contribution in [3.8, 4) is 5.69 Å². The Bertz CT molecular complexity index is 1070. The number of aryl methyl sites for hydroxylation is 1. The van der Waals surface area contributed by atoms with Gasteiger partial charge in [-0.25, -0.2) is 9.78 Å². The molecule has 1 aliphatic rings. The molecule has 0 aliphatic heterocycles. The summed E-state index contributed by atoms with van der Waals surface area (Å²) >= 11 is 0. The number of imidazole rings is 1. The molecule has 0 unspecified atom stereocenters. The lowest BCUT2D eigenvalue weighted by atomic mass is 9.63. The smallest absolute Gasteiger partial charge is 0.335 e. The van der Waals surface area contributed by atoms with E-state index in [4.69, 9.17) is 0 Å². The number of nitrogens with zero attached hydrogens (tertiary/aromatic N) is 2. The normalized spacial score (nSPS) is 17.7. The van der Waals surface area contributed by atoms with Crippen molar-refractivity contribution in [2.75, 3.05) is 0 Å². The first kappa shape index (κ1) is 17.8. The first-order chi connectivity index (χ1) is 12.6. The Morgan fingerprint density at radius 2 is 1.67 bits per heavy atom. The van der Waals surface area contributed by atoms with Gasteiger partial charge in [0.25, 0.3) is 0 Å². The zero-order valence-electron chi connectivity index (χ0n) is 16.6. The van der Waals surface area contributed by atoms with E-state index < -0.39 is 5.97 Å². The maximum Gasteiger partial charge on any atom is 0.335 e. The van der Waals surface area contributed by atoms with Crippen molar-refractivity contribution in [2.45, 2.75) is 58.3 Å². The van der Waals surface area contributed by atoms with Gasteiger partial charge in [0.2, 0.25) is 0 Å². The lowest BCUT2D eigenvalue weighted by Crippen LogP contribution is -2.33. The van der Waals surface area contributed by atoms with Crippen molar-refractivity contribution in [3.63, 3.8) is 0 Å². The second-order valence-electron chi connectivity index (χ2n) is 9.00. The third kappa shape index (κ3) is 2.75. The highest BCUT2D eigenvalue weighted by Crippen LogP contribution is 2.46. The van der Waals surface area contributed by atoms with Gasteiger partial charge in [0, 0.05) is 5.69 Å². The van der Waals surface area contributed by atoms with Gasteiger partial charge in [-0.1, -0.05) is 33.8 Å². The number of fused-ring (bicyclic) bond motifs is 2. The molecule has 1 aromatic heterocycles. The van der Waals surface area contributed by atoms with Crippen LogP contribution in [0.4, 0.5) is 0 Å². The van der Waals surface area contributed by atoms with Crippen molar-refractivity contribution < 1.29 is 9.90 Å². The molecule has 140 valence electrons. The van der Waals surface area contributed by atoms with Crippen molar-refractivity contribution in [2.24, 2.45) is 0 Å². The van der Waals surface area contributed by atoms with Gasteiger partial charge in [-0.3, -0.25) is 4.57 Å². The highest BCUT2D eigenvalue weighted by Gasteiger charge is 2.37. The second-order valence-corrected chi connectivity index (χ2v) is 9.00. The van der Waals surface area contributed by atoms with Gasteiger partial charge in [-0.15, -0.1) is 0 Å². The van der Waals surface area contributed by atoms with Crippen LogP contribution in [0.25, 0.3) is 16.7 Å². The fourth-order valence-corrected chi connectivity index (χ4v) is 4.37. The standard InChI is InChI=1S/C23H26N2O2/c1-14-24-19-9-6-15(21(26)27)12-20(19)25(14)16-7-8-17-18(13-16)23(4,5)11-10-22(17,2)3/h6-9,12-13H,10-11H2,1-5H3,(H,26,27). The van der Waals surface area contributed by atoms with Crippen molar-refractivity contribution in [1.82, 2.24) is 9.55 Å². The molecule has 0 saturated heterocycles. The summed E-state index contributed by atoms with van der Waals surface area (Å²) < 4.78 is 2.07. The topological polar surface area (TPSA) is 55.1 Å². The van der Waals surface area contributed by atoms with Gasteiger partial charge in [-0.2, -0.15) is 0 Å². The van der Waals surface area contributed by atoms with Gasteiger partial charge >= 0.3 is 5.97 Å². The van der Waals surface area contributed by atoms with Crippen LogP contribution < -0.4 is 0 Å². The van der Waals surface area contributed by atoms with Crippen LogP contribution in [0.15, 0.2) is 36.4 Å². The van der Waals surface area contributed by atoms with Crippen LogP contribution >= 0.6 is 0 Å². The number of hydrogen-bond donors (Lipinski definition) is 1. The number of carboxylic acids is 1. The van der Waals surface area contributed by atoms with Crippen LogP contribution in [0, 0.1) is 6.92 Å². The Hall–Kier alpha value is -2.62. The molecule has 0 radical (unpaired) electrons. The molecule has 4 nitrogen and oxygen atoms in total. The molecule has 0 amide bonds. The highest BCUT2D eigenvalue weighted by atomic mass is 16.4. The number of rotatable bonds is 2. The molecular weight excluding hydrogens is 336 g/mol. The van der Waals surface area contributed by atoms with E-state index >= 15 is 0 Å². The minimum absolute atomic E-state index is 0.122. The maximum absolute atomic E-state index is 11.4. The molecule has 1 N–H and O–H groups in total. The average molecular weight is 362 g/mol. The quantitative estimate of drug-likeness (QED) is 0.666. The molecule has 4 rings (SSSR count). The van der Waals surface area contributed by atoms with Gasteiger partial charge < -0.3 is 5.11 Å². The summed E-state index contributed by atoms with van der Waals surface area (Å²) in [5.74, 6) is -0.0593. The van der Waals surface area contributed by atoms with Gasteiger partial charge in [-0.05, 0) is 72.1 Å². The van der Waals surface area contributed by atoms with Crippen LogP contribution in [0.2, 0.25) is 0 Å². The summed E-state index contributed by atoms with van der Waals surface area (Å²) in [5.41, 5.74) is 6.06. The molecule has 0 fully saturated rings. The first-order valence-corrected chi connectivity index (χ1v) is 9.48. The largest absolute Gasteiger partial charge is 0.478 e. The zero-order valence-corrected chi connectivity index (χ0v) is 16.6. The van der Waals surface area contributed by atoms with Crippen LogP contribution in [0.5, 0.6) is 0 Å². The Balaban J connectivity index is 1.96. The summed E-state index contributed by atoms with van der Waals surface area (Å²) in [5, 5.41) is 9.37. The highest BCUT2D eigenvalue weighted by molar-refractivity contribution is 5.93. The molecule has 1 aliphatic carbocycles. The molecule has 0 bridgehead atoms. The Morgan fingerprint density at radius 1 is 1.00 bits per heavy atom. The summed E-state index contributed by atoms with van der Waals surface area (Å²) in [6.07, 6.45) is 2.34. The minimum Gasteiger partial charge on any atom is -0.478 e. The average Bonchev–Trinajstić information content (AvgIpc) is 2.93. The number of aromatic carboxylic acids is 1. The summed E-state index contributed by atoms with van der Waals surface area (Å²) in [4.78, 5) is 16.1. The number of carbonyl (C=O) groups is 1. The number of carboxylic acid groups (broad SMARTS) is 1. The molecular formula is C23H26N2O2. The van der Waals surface area contributed by atoms with Crippen LogP contribution in [-0.2, 0) is 10.8 Å². The zero-order chi connectivity index (χ0) is 19.6. The maximum atomic E-state index is 11.4. The van der Waals surface area contributed by atoms with E-state index in [0.717, 1.165) is 29.0 Å². The van der Waals surface area contributed by atoms with E-state index in [1.807, 2.05) is 6.92 Å². The SMILES string of the molecule is Cc1nc2ccc(C(=O)O)cc2n1-c1ccc2c(c1)C(C)(C)CCC2(C)C. The molecule has 3 aromatic rings. The summed E-state index contributed by atoms with van der Waals surface area (Å²) in [6.45, 7) is 11.2. The minimum atomic E-state index is -0.921. The Kier molecular flexibility index (Phi) is 3.74. The van der Waals surface area contributed by atoms with Crippen molar-refractivity contribution in [1.29, 1.82) is 0 Å². The summed E-state index contributed by atoms with van der Waals surface area (Å²) in [7, 11) is 0. The predicted octanol–water partition coefficient (Wildman–Crippen LogP) is 5.38. The lowest BCUT2D eigenvalue weighted by molar-refractivity contribution is 0.0697. The molecule has 0 atom stereocenters. The van der Waals surface area contributed by atoms with E-state index in [0.29, 0.717) is 0 Å². The van der Waals surface area contributed by atoms with Gasteiger partial charge in [0.05, 0.1) is 16.6 Å². The van der Waals surface area contributed by atoms with Crippen LogP contribution in [0.3, 0.4) is 0 Å². The van der Waals surface area contributed by atoms with Crippen molar-refractivity contribution >= 4 is 17.0 Å². The van der Waals surface area contributed by atoms with Crippen LogP contribution in [-0.4, -0.2) is 20.6 Å². The summed E-state index contributed by atoms with van der Waals surface area (Å²) in [6, 6.07) is 11.8. The van der Waals surface area contributed by atoms with E-state index in [2.05, 4.69) is 55.4 Å².